The van der Waals surface area contributed by atoms with Crippen LogP contribution in [0.25, 0.3) is 0 Å². The molecule has 1 aliphatic carbocycles. The van der Waals surface area contributed by atoms with Crippen LogP contribution in [0.3, 0.4) is 0 Å². The Morgan fingerprint density at radius 1 is 0.959 bits per heavy atom. The molecule has 0 aliphatic heterocycles. The first-order valence-corrected chi connectivity index (χ1v) is 17.2. The Balaban J connectivity index is 0.000000223. The SMILES string of the molecule is CC(C)=CC1C(C(=O)OCc2cccc(Oc3ccccc3)c2)C1(C)C.CCc1nn(C)c(C(=O)NCc2ccc(C(C)(C)C)cc2)c1Cl. The van der Waals surface area contributed by atoms with Gasteiger partial charge in [-0.25, -0.2) is 0 Å². The third-order valence-corrected chi connectivity index (χ3v) is 9.21. The molecule has 1 heterocycles. The summed E-state index contributed by atoms with van der Waals surface area (Å²) in [4.78, 5) is 24.8. The fourth-order valence-corrected chi connectivity index (χ4v) is 6.16. The van der Waals surface area contributed by atoms with Crippen LogP contribution in [0, 0.1) is 17.3 Å². The number of carbonyl (C=O) groups is 2. The van der Waals surface area contributed by atoms with Crippen LogP contribution in [0.15, 0.2) is 90.5 Å². The van der Waals surface area contributed by atoms with Gasteiger partial charge in [-0.3, -0.25) is 14.3 Å². The maximum Gasteiger partial charge on any atom is 0.310 e. The predicted octanol–water partition coefficient (Wildman–Crippen LogP) is 9.62. The number of allylic oxidation sites excluding steroid dienone is 2. The molecule has 1 N–H and O–H groups in total. The minimum Gasteiger partial charge on any atom is -0.461 e. The molecule has 0 spiro atoms. The molecule has 49 heavy (non-hydrogen) atoms. The van der Waals surface area contributed by atoms with Crippen LogP contribution >= 0.6 is 11.6 Å². The number of hydrogen-bond acceptors (Lipinski definition) is 5. The van der Waals surface area contributed by atoms with Gasteiger partial charge >= 0.3 is 5.97 Å². The molecule has 2 unspecified atom stereocenters. The van der Waals surface area contributed by atoms with Crippen molar-refractivity contribution in [1.82, 2.24) is 15.1 Å². The quantitative estimate of drug-likeness (QED) is 0.133. The highest BCUT2D eigenvalue weighted by Crippen LogP contribution is 2.59. The highest BCUT2D eigenvalue weighted by atomic mass is 35.5. The Kier molecular flexibility index (Phi) is 12.2. The van der Waals surface area contributed by atoms with E-state index in [-0.39, 0.29) is 41.1 Å². The van der Waals surface area contributed by atoms with E-state index in [9.17, 15) is 9.59 Å². The minimum atomic E-state index is -0.204. The van der Waals surface area contributed by atoms with Gasteiger partial charge in [0.1, 0.15) is 23.8 Å². The summed E-state index contributed by atoms with van der Waals surface area (Å²) in [5.74, 6) is 1.41. The first-order chi connectivity index (χ1) is 23.1. The zero-order chi connectivity index (χ0) is 35.9. The number of amides is 1. The normalized spacial score (nSPS) is 16.1. The van der Waals surface area contributed by atoms with Gasteiger partial charge in [0.25, 0.3) is 5.91 Å². The third kappa shape index (κ3) is 9.85. The zero-order valence-corrected chi connectivity index (χ0v) is 31.0. The maximum absolute atomic E-state index is 12.5. The number of benzene rings is 3. The van der Waals surface area contributed by atoms with E-state index in [0.29, 0.717) is 23.7 Å². The van der Waals surface area contributed by atoms with Gasteiger partial charge in [-0.1, -0.05) is 119 Å². The maximum atomic E-state index is 12.5. The van der Waals surface area contributed by atoms with Crippen LogP contribution in [-0.2, 0) is 41.6 Å². The number of esters is 1. The van der Waals surface area contributed by atoms with Crippen molar-refractivity contribution in [3.63, 3.8) is 0 Å². The summed E-state index contributed by atoms with van der Waals surface area (Å²) in [6.45, 7) is 17.6. The molecule has 1 aromatic heterocycles. The van der Waals surface area contributed by atoms with Crippen molar-refractivity contribution in [2.45, 2.75) is 80.4 Å². The van der Waals surface area contributed by atoms with E-state index >= 15 is 0 Å². The summed E-state index contributed by atoms with van der Waals surface area (Å²) in [7, 11) is 1.73. The molecule has 7 nitrogen and oxygen atoms in total. The molecule has 3 aromatic carbocycles. The fourth-order valence-electron chi connectivity index (χ4n) is 5.78. The molecule has 1 aliphatic rings. The molecule has 2 atom stereocenters. The molecule has 1 saturated carbocycles. The molecular weight excluding hydrogens is 634 g/mol. The number of aryl methyl sites for hydroxylation is 2. The number of halogens is 1. The summed E-state index contributed by atoms with van der Waals surface area (Å²) in [6.07, 6.45) is 2.88. The number of nitrogens with zero attached hydrogens (tertiary/aromatic N) is 2. The number of hydrogen-bond donors (Lipinski definition) is 1. The van der Waals surface area contributed by atoms with Crippen molar-refractivity contribution in [2.75, 3.05) is 0 Å². The van der Waals surface area contributed by atoms with E-state index in [1.54, 1.807) is 11.7 Å². The molecule has 4 aromatic rings. The van der Waals surface area contributed by atoms with E-state index < -0.39 is 0 Å². The number of ether oxygens (including phenoxy) is 2. The lowest BCUT2D eigenvalue weighted by Crippen LogP contribution is -2.25. The standard InChI is InChI=1S/C23H26O3.C18H24ClN3O/c1-16(2)13-20-21(23(20,3)4)22(24)25-15-17-9-8-12-19(14-17)26-18-10-6-5-7-11-18;1-6-14-15(19)16(22(5)21-14)17(23)20-11-12-7-9-13(10-8-12)18(2,3)4/h5-14,20-21H,15H2,1-4H3;7-10H,6,11H2,1-5H3,(H,20,23). The molecule has 0 radical (unpaired) electrons. The summed E-state index contributed by atoms with van der Waals surface area (Å²) in [6, 6.07) is 25.6. The van der Waals surface area contributed by atoms with E-state index in [2.05, 4.69) is 77.1 Å². The summed E-state index contributed by atoms with van der Waals surface area (Å²) >= 11 is 6.23. The first kappa shape index (κ1) is 37.5. The van der Waals surface area contributed by atoms with Crippen LogP contribution in [0.2, 0.25) is 5.02 Å². The molecule has 0 saturated heterocycles. The Bertz CT molecular complexity index is 1760. The van der Waals surface area contributed by atoms with Crippen LogP contribution in [0.4, 0.5) is 0 Å². The smallest absolute Gasteiger partial charge is 0.310 e. The second-order valence-electron chi connectivity index (χ2n) is 14.5. The zero-order valence-electron chi connectivity index (χ0n) is 30.3. The van der Waals surface area contributed by atoms with Crippen molar-refractivity contribution in [3.8, 4) is 11.5 Å². The van der Waals surface area contributed by atoms with Gasteiger partial charge in [-0.2, -0.15) is 5.10 Å². The van der Waals surface area contributed by atoms with Gasteiger partial charge in [-0.15, -0.1) is 0 Å². The molecular formula is C41H50ClN3O4. The Morgan fingerprint density at radius 3 is 2.20 bits per heavy atom. The number of carbonyl (C=O) groups excluding carboxylic acids is 2. The van der Waals surface area contributed by atoms with Gasteiger partial charge in [0.05, 0.1) is 16.6 Å². The van der Waals surface area contributed by atoms with Gasteiger partial charge in [0, 0.05) is 13.6 Å². The summed E-state index contributed by atoms with van der Waals surface area (Å²) < 4.78 is 13.0. The van der Waals surface area contributed by atoms with Crippen LogP contribution in [-0.4, -0.2) is 21.7 Å². The minimum absolute atomic E-state index is 0.0212. The second kappa shape index (κ2) is 15.9. The van der Waals surface area contributed by atoms with Crippen molar-refractivity contribution < 1.29 is 19.1 Å². The predicted molar refractivity (Wildman–Crippen MR) is 197 cm³/mol. The average Bonchev–Trinajstić information content (AvgIpc) is 3.45. The molecule has 5 rings (SSSR count). The van der Waals surface area contributed by atoms with Crippen molar-refractivity contribution in [3.05, 3.63) is 124 Å². The lowest BCUT2D eigenvalue weighted by molar-refractivity contribution is -0.147. The molecule has 8 heteroatoms. The number of rotatable bonds is 10. The topological polar surface area (TPSA) is 82.5 Å². The molecule has 0 bridgehead atoms. The van der Waals surface area contributed by atoms with Crippen molar-refractivity contribution in [1.29, 1.82) is 0 Å². The van der Waals surface area contributed by atoms with E-state index in [0.717, 1.165) is 28.3 Å². The summed E-state index contributed by atoms with van der Waals surface area (Å²) in [5, 5.41) is 7.62. The number of para-hydroxylation sites is 1. The Labute approximate surface area is 296 Å². The van der Waals surface area contributed by atoms with Crippen molar-refractivity contribution >= 4 is 23.5 Å². The Hall–Kier alpha value is -4.36. The third-order valence-electron chi connectivity index (χ3n) is 8.81. The second-order valence-corrected chi connectivity index (χ2v) is 14.8. The highest BCUT2D eigenvalue weighted by molar-refractivity contribution is 6.34. The monoisotopic (exact) mass is 683 g/mol. The largest absolute Gasteiger partial charge is 0.461 e. The van der Waals surface area contributed by atoms with Crippen molar-refractivity contribution in [2.24, 2.45) is 24.3 Å². The lowest BCUT2D eigenvalue weighted by Gasteiger charge is -2.19. The number of nitrogens with one attached hydrogen (secondary N) is 1. The Morgan fingerprint density at radius 2 is 1.61 bits per heavy atom. The van der Waals surface area contributed by atoms with E-state index in [1.807, 2.05) is 73.7 Å². The van der Waals surface area contributed by atoms with Gasteiger partial charge in [-0.05, 0) is 78.0 Å². The van der Waals surface area contributed by atoms with Gasteiger partial charge in [0.2, 0.25) is 0 Å². The van der Waals surface area contributed by atoms with E-state index in [4.69, 9.17) is 21.1 Å². The van der Waals surface area contributed by atoms with Crippen LogP contribution < -0.4 is 10.1 Å². The first-order valence-electron chi connectivity index (χ1n) is 16.8. The van der Waals surface area contributed by atoms with E-state index in [1.165, 1.54) is 11.1 Å². The average molecular weight is 684 g/mol. The molecule has 1 fully saturated rings. The summed E-state index contributed by atoms with van der Waals surface area (Å²) in [5.41, 5.74) is 5.75. The van der Waals surface area contributed by atoms with Gasteiger partial charge in [0.15, 0.2) is 0 Å². The molecule has 260 valence electrons. The fraction of sp³-hybridized carbons (Fsp3) is 0.390. The van der Waals surface area contributed by atoms with Crippen LogP contribution in [0.1, 0.15) is 88.3 Å². The number of aromatic nitrogens is 2. The lowest BCUT2D eigenvalue weighted by atomic mass is 9.87. The van der Waals surface area contributed by atoms with Crippen LogP contribution in [0.5, 0.6) is 11.5 Å². The molecule has 1 amide bonds. The van der Waals surface area contributed by atoms with Gasteiger partial charge < -0.3 is 14.8 Å². The highest BCUT2D eigenvalue weighted by Gasteiger charge is 2.61.